The van der Waals surface area contributed by atoms with Gasteiger partial charge in [0.25, 0.3) is 0 Å². The van der Waals surface area contributed by atoms with E-state index in [9.17, 15) is 4.79 Å². The van der Waals surface area contributed by atoms with Crippen molar-refractivity contribution in [2.24, 2.45) is 0 Å². The lowest BCUT2D eigenvalue weighted by molar-refractivity contribution is 0.111. The number of aldehydes is 1. The molecule has 29 heavy (non-hydrogen) atoms. The van der Waals surface area contributed by atoms with Gasteiger partial charge in [0.15, 0.2) is 11.4 Å². The molecule has 0 fully saturated rings. The summed E-state index contributed by atoms with van der Waals surface area (Å²) in [6.07, 6.45) is 2.40. The van der Waals surface area contributed by atoms with Crippen molar-refractivity contribution in [1.82, 2.24) is 14.8 Å². The van der Waals surface area contributed by atoms with Crippen LogP contribution in [0.5, 0.6) is 11.5 Å². The minimum Gasteiger partial charge on any atom is -0.497 e. The molecule has 1 aromatic heterocycles. The second kappa shape index (κ2) is 10.7. The highest BCUT2D eigenvalue weighted by molar-refractivity contribution is 7.99. The standard InChI is InChI=1S/C22H25N3O3S/c1-3-25-21(15-17-9-11-19(27-2)12-10-17)23-24-22(25)29-14-6-13-28-20-8-5-4-7-18(20)16-26/h4-5,7-12,16H,3,6,13-15H2,1-2H3. The average Bonchev–Trinajstić information content (AvgIpc) is 3.15. The maximum atomic E-state index is 11.0. The van der Waals surface area contributed by atoms with Gasteiger partial charge in [-0.2, -0.15) is 0 Å². The molecule has 0 bridgehead atoms. The maximum Gasteiger partial charge on any atom is 0.191 e. The molecule has 0 aliphatic heterocycles. The van der Waals surface area contributed by atoms with Crippen LogP contribution < -0.4 is 9.47 Å². The van der Waals surface area contributed by atoms with E-state index in [1.807, 2.05) is 30.3 Å². The summed E-state index contributed by atoms with van der Waals surface area (Å²) in [7, 11) is 1.66. The molecule has 1 heterocycles. The zero-order chi connectivity index (χ0) is 20.5. The molecule has 0 radical (unpaired) electrons. The van der Waals surface area contributed by atoms with Crippen LogP contribution in [0.4, 0.5) is 0 Å². The van der Waals surface area contributed by atoms with Crippen LogP contribution in [0.15, 0.2) is 53.7 Å². The monoisotopic (exact) mass is 411 g/mol. The van der Waals surface area contributed by atoms with Gasteiger partial charge in [0.05, 0.1) is 19.3 Å². The van der Waals surface area contributed by atoms with Crippen LogP contribution in [0.25, 0.3) is 0 Å². The van der Waals surface area contributed by atoms with Crippen molar-refractivity contribution in [3.8, 4) is 11.5 Å². The van der Waals surface area contributed by atoms with Crippen molar-refractivity contribution in [3.05, 3.63) is 65.5 Å². The Labute approximate surface area is 175 Å². The number of thioether (sulfide) groups is 1. The third kappa shape index (κ3) is 5.60. The third-order valence-corrected chi connectivity index (χ3v) is 5.51. The number of aromatic nitrogens is 3. The van der Waals surface area contributed by atoms with Gasteiger partial charge in [-0.15, -0.1) is 10.2 Å². The van der Waals surface area contributed by atoms with E-state index < -0.39 is 0 Å². The van der Waals surface area contributed by atoms with E-state index in [4.69, 9.17) is 9.47 Å². The van der Waals surface area contributed by atoms with E-state index in [1.54, 1.807) is 24.9 Å². The maximum absolute atomic E-state index is 11.0. The first-order chi connectivity index (χ1) is 14.2. The Morgan fingerprint density at radius 1 is 1.10 bits per heavy atom. The second-order valence-electron chi connectivity index (χ2n) is 6.37. The van der Waals surface area contributed by atoms with Crippen LogP contribution in [-0.4, -0.2) is 40.5 Å². The molecule has 6 nitrogen and oxygen atoms in total. The average molecular weight is 412 g/mol. The number of rotatable bonds is 11. The first-order valence-electron chi connectivity index (χ1n) is 9.60. The summed E-state index contributed by atoms with van der Waals surface area (Å²) in [4.78, 5) is 11.0. The molecule has 0 aliphatic rings. The summed E-state index contributed by atoms with van der Waals surface area (Å²) in [6, 6.07) is 15.3. The molecule has 0 unspecified atom stereocenters. The molecule has 0 saturated heterocycles. The molecule has 0 amide bonds. The summed E-state index contributed by atoms with van der Waals surface area (Å²) in [5.74, 6) is 3.30. The predicted molar refractivity (Wildman–Crippen MR) is 114 cm³/mol. The Balaban J connectivity index is 1.51. The topological polar surface area (TPSA) is 66.2 Å². The van der Waals surface area contributed by atoms with Gasteiger partial charge in [0.1, 0.15) is 17.3 Å². The lowest BCUT2D eigenvalue weighted by Gasteiger charge is -2.09. The van der Waals surface area contributed by atoms with Crippen LogP contribution >= 0.6 is 11.8 Å². The first kappa shape index (κ1) is 20.9. The molecule has 3 rings (SSSR count). The Morgan fingerprint density at radius 2 is 1.90 bits per heavy atom. The van der Waals surface area contributed by atoms with Crippen molar-refractivity contribution in [2.45, 2.75) is 31.5 Å². The highest BCUT2D eigenvalue weighted by Crippen LogP contribution is 2.21. The number of carbonyl (C=O) groups is 1. The highest BCUT2D eigenvalue weighted by atomic mass is 32.2. The number of para-hydroxylation sites is 1. The van der Waals surface area contributed by atoms with Gasteiger partial charge in [-0.1, -0.05) is 36.0 Å². The Hall–Kier alpha value is -2.80. The Morgan fingerprint density at radius 3 is 2.62 bits per heavy atom. The van der Waals surface area contributed by atoms with E-state index in [1.165, 1.54) is 5.56 Å². The molecule has 7 heteroatoms. The molecular formula is C22H25N3O3S. The summed E-state index contributed by atoms with van der Waals surface area (Å²) >= 11 is 1.67. The van der Waals surface area contributed by atoms with Gasteiger partial charge < -0.3 is 14.0 Å². The smallest absolute Gasteiger partial charge is 0.191 e. The van der Waals surface area contributed by atoms with Crippen LogP contribution in [0, 0.1) is 0 Å². The summed E-state index contributed by atoms with van der Waals surface area (Å²) in [5, 5.41) is 9.67. The normalized spacial score (nSPS) is 10.7. The molecule has 0 aliphatic carbocycles. The van der Waals surface area contributed by atoms with Gasteiger partial charge in [0, 0.05) is 18.7 Å². The number of methoxy groups -OCH3 is 1. The molecule has 0 spiro atoms. The second-order valence-corrected chi connectivity index (χ2v) is 7.44. The molecule has 152 valence electrons. The van der Waals surface area contributed by atoms with Crippen molar-refractivity contribution in [1.29, 1.82) is 0 Å². The minimum atomic E-state index is 0.552. The number of hydrogen-bond acceptors (Lipinski definition) is 6. The van der Waals surface area contributed by atoms with E-state index in [0.717, 1.165) is 48.2 Å². The van der Waals surface area contributed by atoms with E-state index in [0.29, 0.717) is 17.9 Å². The van der Waals surface area contributed by atoms with Gasteiger partial charge >= 0.3 is 0 Å². The van der Waals surface area contributed by atoms with Crippen molar-refractivity contribution in [3.63, 3.8) is 0 Å². The molecule has 2 aromatic carbocycles. The summed E-state index contributed by atoms with van der Waals surface area (Å²) < 4.78 is 13.1. The van der Waals surface area contributed by atoms with E-state index >= 15 is 0 Å². The first-order valence-corrected chi connectivity index (χ1v) is 10.6. The zero-order valence-corrected chi connectivity index (χ0v) is 17.5. The Kier molecular flexibility index (Phi) is 7.69. The zero-order valence-electron chi connectivity index (χ0n) is 16.7. The summed E-state index contributed by atoms with van der Waals surface area (Å²) in [5.41, 5.74) is 1.75. The van der Waals surface area contributed by atoms with Crippen molar-refractivity contribution < 1.29 is 14.3 Å². The van der Waals surface area contributed by atoms with Gasteiger partial charge in [-0.25, -0.2) is 0 Å². The van der Waals surface area contributed by atoms with E-state index in [-0.39, 0.29) is 0 Å². The predicted octanol–water partition coefficient (Wildman–Crippen LogP) is 4.27. The summed E-state index contributed by atoms with van der Waals surface area (Å²) in [6.45, 7) is 3.48. The number of nitrogens with zero attached hydrogens (tertiary/aromatic N) is 3. The molecule has 3 aromatic rings. The number of hydrogen-bond donors (Lipinski definition) is 0. The fourth-order valence-corrected chi connectivity index (χ4v) is 3.85. The van der Waals surface area contributed by atoms with Gasteiger partial charge in [-0.3, -0.25) is 4.79 Å². The van der Waals surface area contributed by atoms with Crippen molar-refractivity contribution in [2.75, 3.05) is 19.5 Å². The molecule has 0 N–H and O–H groups in total. The largest absolute Gasteiger partial charge is 0.497 e. The van der Waals surface area contributed by atoms with Crippen LogP contribution in [0.3, 0.4) is 0 Å². The molecule has 0 saturated carbocycles. The fourth-order valence-electron chi connectivity index (χ4n) is 2.91. The van der Waals surface area contributed by atoms with Crippen LogP contribution in [-0.2, 0) is 13.0 Å². The van der Waals surface area contributed by atoms with Crippen LogP contribution in [0.1, 0.15) is 35.1 Å². The quantitative estimate of drug-likeness (QED) is 0.267. The lowest BCUT2D eigenvalue weighted by Crippen LogP contribution is -2.05. The van der Waals surface area contributed by atoms with Crippen molar-refractivity contribution >= 4 is 18.0 Å². The number of benzene rings is 2. The Bertz CT molecular complexity index is 925. The van der Waals surface area contributed by atoms with E-state index in [2.05, 4.69) is 33.8 Å². The van der Waals surface area contributed by atoms with Crippen LogP contribution in [0.2, 0.25) is 0 Å². The number of carbonyl (C=O) groups excluding carboxylic acids is 1. The van der Waals surface area contributed by atoms with Gasteiger partial charge in [0.2, 0.25) is 0 Å². The molecular weight excluding hydrogens is 386 g/mol. The molecule has 0 atom stereocenters. The highest BCUT2D eigenvalue weighted by Gasteiger charge is 2.12. The third-order valence-electron chi connectivity index (χ3n) is 4.45. The lowest BCUT2D eigenvalue weighted by atomic mass is 10.1. The fraction of sp³-hybridized carbons (Fsp3) is 0.318. The minimum absolute atomic E-state index is 0.552. The SMILES string of the molecule is CCn1c(Cc2ccc(OC)cc2)nnc1SCCCOc1ccccc1C=O. The van der Waals surface area contributed by atoms with Gasteiger partial charge in [-0.05, 0) is 43.2 Å². The number of ether oxygens (including phenoxy) is 2.